The topological polar surface area (TPSA) is 78.9 Å². The van der Waals surface area contributed by atoms with Crippen molar-refractivity contribution in [1.29, 1.82) is 0 Å². The zero-order valence-corrected chi connectivity index (χ0v) is 9.89. The molecule has 6 heteroatoms. The molecule has 0 spiro atoms. The molecule has 0 aromatic rings. The summed E-state index contributed by atoms with van der Waals surface area (Å²) >= 11 is 0. The van der Waals surface area contributed by atoms with Crippen LogP contribution in [-0.2, 0) is 14.3 Å². The van der Waals surface area contributed by atoms with E-state index in [0.717, 1.165) is 0 Å². The number of likely N-dealkylation sites (tertiary alicyclic amines) is 1. The minimum atomic E-state index is -0.985. The van der Waals surface area contributed by atoms with Crippen molar-refractivity contribution in [2.24, 2.45) is 0 Å². The summed E-state index contributed by atoms with van der Waals surface area (Å²) in [7, 11) is 1.52. The molecule has 1 amide bonds. The number of nitrogens with zero attached hydrogens (tertiary/aromatic N) is 1. The third kappa shape index (κ3) is 3.54. The fourth-order valence-corrected chi connectivity index (χ4v) is 1.86. The van der Waals surface area contributed by atoms with E-state index in [0.29, 0.717) is 19.5 Å². The standard InChI is InChI=1S/C11H18N2O4/c1-3-4-12-6-10(14)13-7-8(17-2)5-9(13)11(15)16/h3,8-9,12H,1,4-7H2,2H3,(H,15,16). The van der Waals surface area contributed by atoms with Crippen molar-refractivity contribution in [1.82, 2.24) is 10.2 Å². The Morgan fingerprint density at radius 2 is 2.35 bits per heavy atom. The number of hydrogen-bond donors (Lipinski definition) is 2. The second-order valence-corrected chi connectivity index (χ2v) is 3.91. The zero-order chi connectivity index (χ0) is 12.8. The summed E-state index contributed by atoms with van der Waals surface area (Å²) in [4.78, 5) is 24.2. The first kappa shape index (κ1) is 13.7. The molecule has 0 saturated carbocycles. The molecular formula is C11H18N2O4. The summed E-state index contributed by atoms with van der Waals surface area (Å²) in [5.74, 6) is -1.21. The molecule has 1 fully saturated rings. The third-order valence-corrected chi connectivity index (χ3v) is 2.77. The first-order valence-electron chi connectivity index (χ1n) is 5.46. The van der Waals surface area contributed by atoms with Crippen LogP contribution in [-0.4, -0.2) is 60.8 Å². The summed E-state index contributed by atoms with van der Waals surface area (Å²) in [6.45, 7) is 4.49. The summed E-state index contributed by atoms with van der Waals surface area (Å²) in [5, 5.41) is 11.9. The lowest BCUT2D eigenvalue weighted by atomic mass is 10.2. The Morgan fingerprint density at radius 3 is 2.88 bits per heavy atom. The average molecular weight is 242 g/mol. The Bertz CT molecular complexity index is 306. The predicted octanol–water partition coefficient (Wildman–Crippen LogP) is -0.537. The molecule has 0 aromatic heterocycles. The third-order valence-electron chi connectivity index (χ3n) is 2.77. The van der Waals surface area contributed by atoms with E-state index in [4.69, 9.17) is 9.84 Å². The number of aliphatic carboxylic acids is 1. The van der Waals surface area contributed by atoms with Crippen molar-refractivity contribution in [3.05, 3.63) is 12.7 Å². The average Bonchev–Trinajstić information content (AvgIpc) is 2.73. The van der Waals surface area contributed by atoms with Gasteiger partial charge in [0.2, 0.25) is 5.91 Å². The van der Waals surface area contributed by atoms with Gasteiger partial charge in [0.25, 0.3) is 0 Å². The Labute approximate surface area is 100 Å². The highest BCUT2D eigenvalue weighted by atomic mass is 16.5. The highest BCUT2D eigenvalue weighted by Crippen LogP contribution is 2.20. The van der Waals surface area contributed by atoms with Gasteiger partial charge in [-0.1, -0.05) is 6.08 Å². The molecule has 96 valence electrons. The first-order chi connectivity index (χ1) is 8.10. The molecule has 2 N–H and O–H groups in total. The van der Waals surface area contributed by atoms with Crippen molar-refractivity contribution in [3.8, 4) is 0 Å². The Morgan fingerprint density at radius 1 is 1.65 bits per heavy atom. The van der Waals surface area contributed by atoms with Crippen LogP contribution in [0.25, 0.3) is 0 Å². The fourth-order valence-electron chi connectivity index (χ4n) is 1.86. The smallest absolute Gasteiger partial charge is 0.326 e. The lowest BCUT2D eigenvalue weighted by molar-refractivity contribution is -0.147. The highest BCUT2D eigenvalue weighted by molar-refractivity contribution is 5.85. The molecule has 0 aromatic carbocycles. The van der Waals surface area contributed by atoms with Gasteiger partial charge in [-0.15, -0.1) is 6.58 Å². The van der Waals surface area contributed by atoms with Crippen LogP contribution < -0.4 is 5.32 Å². The van der Waals surface area contributed by atoms with Gasteiger partial charge in [-0.25, -0.2) is 4.79 Å². The number of methoxy groups -OCH3 is 1. The molecule has 1 saturated heterocycles. The summed E-state index contributed by atoms with van der Waals surface area (Å²) < 4.78 is 5.10. The molecule has 17 heavy (non-hydrogen) atoms. The van der Waals surface area contributed by atoms with Crippen LogP contribution in [0.5, 0.6) is 0 Å². The van der Waals surface area contributed by atoms with E-state index in [1.54, 1.807) is 6.08 Å². The highest BCUT2D eigenvalue weighted by Gasteiger charge is 2.39. The van der Waals surface area contributed by atoms with E-state index in [-0.39, 0.29) is 18.6 Å². The number of hydrogen-bond acceptors (Lipinski definition) is 4. The number of carbonyl (C=O) groups excluding carboxylic acids is 1. The van der Waals surface area contributed by atoms with Crippen molar-refractivity contribution >= 4 is 11.9 Å². The fraction of sp³-hybridized carbons (Fsp3) is 0.636. The summed E-state index contributed by atoms with van der Waals surface area (Å²) in [6.07, 6.45) is 1.79. The molecule has 0 radical (unpaired) electrons. The normalized spacial score (nSPS) is 23.7. The van der Waals surface area contributed by atoms with Crippen molar-refractivity contribution in [2.75, 3.05) is 26.7 Å². The Hall–Kier alpha value is -1.40. The monoisotopic (exact) mass is 242 g/mol. The van der Waals surface area contributed by atoms with E-state index in [1.165, 1.54) is 12.0 Å². The second kappa shape index (κ2) is 6.36. The zero-order valence-electron chi connectivity index (χ0n) is 9.89. The van der Waals surface area contributed by atoms with E-state index >= 15 is 0 Å². The lowest BCUT2D eigenvalue weighted by Crippen LogP contribution is -2.44. The van der Waals surface area contributed by atoms with Crippen molar-refractivity contribution < 1.29 is 19.4 Å². The number of carboxylic acids is 1. The number of amides is 1. The lowest BCUT2D eigenvalue weighted by Gasteiger charge is -2.21. The first-order valence-corrected chi connectivity index (χ1v) is 5.46. The van der Waals surface area contributed by atoms with Crippen LogP contribution in [0, 0.1) is 0 Å². The van der Waals surface area contributed by atoms with Crippen LogP contribution in [0.3, 0.4) is 0 Å². The van der Waals surface area contributed by atoms with Crippen LogP contribution in [0.1, 0.15) is 6.42 Å². The minimum Gasteiger partial charge on any atom is -0.480 e. The number of nitrogens with one attached hydrogen (secondary N) is 1. The number of carboxylic acid groups (broad SMARTS) is 1. The van der Waals surface area contributed by atoms with E-state index < -0.39 is 12.0 Å². The van der Waals surface area contributed by atoms with Crippen LogP contribution in [0.4, 0.5) is 0 Å². The molecule has 0 aliphatic carbocycles. The van der Waals surface area contributed by atoms with Gasteiger partial charge in [-0.3, -0.25) is 4.79 Å². The minimum absolute atomic E-state index is 0.117. The van der Waals surface area contributed by atoms with Gasteiger partial charge in [0, 0.05) is 26.6 Å². The summed E-state index contributed by atoms with van der Waals surface area (Å²) in [5.41, 5.74) is 0. The molecule has 1 aliphatic rings. The Kier molecular flexibility index (Phi) is 5.11. The van der Waals surface area contributed by atoms with Gasteiger partial charge in [0.1, 0.15) is 6.04 Å². The molecule has 0 bridgehead atoms. The number of carbonyl (C=O) groups is 2. The van der Waals surface area contributed by atoms with Gasteiger partial charge in [-0.05, 0) is 0 Å². The predicted molar refractivity (Wildman–Crippen MR) is 61.6 cm³/mol. The molecule has 1 heterocycles. The number of rotatable bonds is 6. The molecule has 2 atom stereocenters. The molecule has 2 unspecified atom stereocenters. The van der Waals surface area contributed by atoms with E-state index in [1.807, 2.05) is 0 Å². The van der Waals surface area contributed by atoms with Crippen molar-refractivity contribution in [2.45, 2.75) is 18.6 Å². The maximum atomic E-state index is 11.8. The molecular weight excluding hydrogens is 224 g/mol. The molecule has 1 aliphatic heterocycles. The number of ether oxygens (including phenoxy) is 1. The van der Waals surface area contributed by atoms with Gasteiger partial charge in [0.15, 0.2) is 0 Å². The van der Waals surface area contributed by atoms with Crippen LogP contribution in [0.15, 0.2) is 12.7 Å². The van der Waals surface area contributed by atoms with Crippen molar-refractivity contribution in [3.63, 3.8) is 0 Å². The van der Waals surface area contributed by atoms with Gasteiger partial charge in [0.05, 0.1) is 12.6 Å². The second-order valence-electron chi connectivity index (χ2n) is 3.91. The molecule has 6 nitrogen and oxygen atoms in total. The quantitative estimate of drug-likeness (QED) is 0.483. The maximum Gasteiger partial charge on any atom is 0.326 e. The summed E-state index contributed by atoms with van der Waals surface area (Å²) in [6, 6.07) is -0.780. The van der Waals surface area contributed by atoms with E-state index in [9.17, 15) is 9.59 Å². The Balaban J connectivity index is 2.56. The SMILES string of the molecule is C=CCNCC(=O)N1CC(OC)CC1C(=O)O. The van der Waals surface area contributed by atoms with E-state index in [2.05, 4.69) is 11.9 Å². The molecule has 1 rings (SSSR count). The van der Waals surface area contributed by atoms with Gasteiger partial charge < -0.3 is 20.1 Å². The van der Waals surface area contributed by atoms with Gasteiger partial charge in [-0.2, -0.15) is 0 Å². The van der Waals surface area contributed by atoms with Gasteiger partial charge >= 0.3 is 5.97 Å². The van der Waals surface area contributed by atoms with Crippen LogP contribution in [0.2, 0.25) is 0 Å². The largest absolute Gasteiger partial charge is 0.480 e. The van der Waals surface area contributed by atoms with Crippen LogP contribution >= 0.6 is 0 Å². The maximum absolute atomic E-state index is 11.8.